The number of likely N-dealkylation sites (tertiary alicyclic amines) is 1. The number of alkyl halides is 2. The number of halogens is 2. The van der Waals surface area contributed by atoms with Gasteiger partial charge in [0.15, 0.2) is 6.10 Å². The molecular formula is C29H35F2N3O5. The molecule has 1 saturated heterocycles. The average molecular weight is 544 g/mol. The summed E-state index contributed by atoms with van der Waals surface area (Å²) in [5.41, 5.74) is -0.748. The van der Waals surface area contributed by atoms with Crippen LogP contribution in [0.5, 0.6) is 5.75 Å². The molecule has 4 rings (SSSR count). The van der Waals surface area contributed by atoms with E-state index >= 15 is 8.78 Å². The van der Waals surface area contributed by atoms with Crippen LogP contribution in [0.2, 0.25) is 0 Å². The molecule has 39 heavy (non-hydrogen) atoms. The molecule has 0 bridgehead atoms. The highest BCUT2D eigenvalue weighted by Crippen LogP contribution is 2.48. The smallest absolute Gasteiger partial charge is 0.272 e. The molecule has 1 aliphatic heterocycles. The second-order valence-corrected chi connectivity index (χ2v) is 11.1. The zero-order valence-electron chi connectivity index (χ0n) is 22.3. The molecule has 0 aromatic heterocycles. The fraction of sp³-hybridized carbons (Fsp3) is 0.483. The molecule has 0 spiro atoms. The van der Waals surface area contributed by atoms with E-state index in [0.717, 1.165) is 17.7 Å². The molecule has 10 heteroatoms. The number of benzene rings is 2. The average Bonchev–Trinajstić information content (AvgIpc) is 3.69. The van der Waals surface area contributed by atoms with Gasteiger partial charge in [-0.05, 0) is 49.8 Å². The van der Waals surface area contributed by atoms with E-state index in [2.05, 4.69) is 10.6 Å². The molecule has 2 aliphatic rings. The number of carbonyl (C=O) groups excluding carboxylic acids is 3. The van der Waals surface area contributed by atoms with E-state index in [1.807, 2.05) is 0 Å². The summed E-state index contributed by atoms with van der Waals surface area (Å²) in [4.78, 5) is 40.6. The van der Waals surface area contributed by atoms with Crippen molar-refractivity contribution in [1.82, 2.24) is 15.5 Å². The van der Waals surface area contributed by atoms with Gasteiger partial charge in [-0.3, -0.25) is 14.4 Å². The van der Waals surface area contributed by atoms with E-state index in [1.165, 1.54) is 32.0 Å². The van der Waals surface area contributed by atoms with Crippen molar-refractivity contribution in [3.8, 4) is 5.75 Å². The maximum Gasteiger partial charge on any atom is 0.272 e. The third-order valence-corrected chi connectivity index (χ3v) is 7.90. The van der Waals surface area contributed by atoms with Gasteiger partial charge < -0.3 is 25.7 Å². The molecule has 3 amide bonds. The minimum absolute atomic E-state index is 0.0174. The molecule has 1 aliphatic carbocycles. The Bertz CT molecular complexity index is 1230. The van der Waals surface area contributed by atoms with Crippen LogP contribution in [-0.2, 0) is 16.0 Å². The van der Waals surface area contributed by atoms with Crippen LogP contribution in [0.25, 0.3) is 0 Å². The number of phenols is 1. The predicted molar refractivity (Wildman–Crippen MR) is 140 cm³/mol. The molecule has 1 saturated carbocycles. The van der Waals surface area contributed by atoms with Crippen molar-refractivity contribution in [2.75, 3.05) is 13.1 Å². The Morgan fingerprint density at radius 3 is 2.38 bits per heavy atom. The topological polar surface area (TPSA) is 119 Å². The Hall–Kier alpha value is -3.53. The number of aliphatic hydroxyl groups is 1. The Labute approximate surface area is 226 Å². The second-order valence-electron chi connectivity index (χ2n) is 11.1. The maximum absolute atomic E-state index is 15.1. The van der Waals surface area contributed by atoms with Crippen LogP contribution in [0.15, 0.2) is 48.5 Å². The van der Waals surface area contributed by atoms with Gasteiger partial charge in [0, 0.05) is 17.7 Å². The summed E-state index contributed by atoms with van der Waals surface area (Å²) in [6, 6.07) is 10.5. The van der Waals surface area contributed by atoms with E-state index in [0.29, 0.717) is 23.6 Å². The lowest BCUT2D eigenvalue weighted by atomic mass is 9.81. The summed E-state index contributed by atoms with van der Waals surface area (Å²) in [6.45, 7) is 3.34. The van der Waals surface area contributed by atoms with Gasteiger partial charge in [-0.15, -0.1) is 0 Å². The molecule has 2 fully saturated rings. The number of carbonyl (C=O) groups is 3. The number of phenolic OH excluding ortho intramolecular Hbond substituents is 1. The first-order valence-corrected chi connectivity index (χ1v) is 13.1. The number of nitrogens with one attached hydrogen (secondary N) is 2. The largest absolute Gasteiger partial charge is 0.508 e. The molecule has 2 aromatic carbocycles. The standard InChI is InChI=1S/C29H35F2N3O5/c1-17-20(10-7-11-22(17)35)25(37)33-21(14-18-8-5-4-6-9-18)23(36)27(39)34-16-29(30,31)28(2,3)24(34)26(38)32-15-19-12-13-19/h4-11,19,21,23-24,35-36H,12-16H2,1-3H3,(H,32,38)(H,33,37). The van der Waals surface area contributed by atoms with E-state index in [1.54, 1.807) is 37.3 Å². The Kier molecular flexibility index (Phi) is 7.97. The van der Waals surface area contributed by atoms with Crippen molar-refractivity contribution in [3.63, 3.8) is 0 Å². The number of hydrogen-bond donors (Lipinski definition) is 4. The number of rotatable bonds is 9. The number of amides is 3. The molecule has 3 unspecified atom stereocenters. The van der Waals surface area contributed by atoms with Crippen LogP contribution in [0.4, 0.5) is 8.78 Å². The molecule has 8 nitrogen and oxygen atoms in total. The van der Waals surface area contributed by atoms with Gasteiger partial charge in [0.1, 0.15) is 11.8 Å². The van der Waals surface area contributed by atoms with E-state index < -0.39 is 53.8 Å². The van der Waals surface area contributed by atoms with Crippen molar-refractivity contribution in [2.24, 2.45) is 11.3 Å². The third-order valence-electron chi connectivity index (χ3n) is 7.90. The first kappa shape index (κ1) is 28.5. The minimum Gasteiger partial charge on any atom is -0.508 e. The number of hydrogen-bond acceptors (Lipinski definition) is 5. The monoisotopic (exact) mass is 543 g/mol. The van der Waals surface area contributed by atoms with Gasteiger partial charge >= 0.3 is 0 Å². The van der Waals surface area contributed by atoms with E-state index in [-0.39, 0.29) is 17.7 Å². The quantitative estimate of drug-likeness (QED) is 0.388. The van der Waals surface area contributed by atoms with Crippen molar-refractivity contribution < 1.29 is 33.4 Å². The first-order chi connectivity index (χ1) is 18.3. The summed E-state index contributed by atoms with van der Waals surface area (Å²) < 4.78 is 30.3. The second kappa shape index (κ2) is 10.9. The summed E-state index contributed by atoms with van der Waals surface area (Å²) >= 11 is 0. The highest BCUT2D eigenvalue weighted by molar-refractivity contribution is 5.97. The first-order valence-electron chi connectivity index (χ1n) is 13.1. The lowest BCUT2D eigenvalue weighted by Crippen LogP contribution is -2.58. The SMILES string of the molecule is Cc1c(O)cccc1C(=O)NC(Cc1ccccc1)C(O)C(=O)N1CC(F)(F)C(C)(C)C1C(=O)NCC1CC1. The van der Waals surface area contributed by atoms with Gasteiger partial charge in [-0.1, -0.05) is 50.2 Å². The molecule has 1 heterocycles. The Balaban J connectivity index is 1.61. The molecule has 3 atom stereocenters. The number of aromatic hydroxyl groups is 1. The van der Waals surface area contributed by atoms with Gasteiger partial charge in [-0.25, -0.2) is 8.78 Å². The summed E-state index contributed by atoms with van der Waals surface area (Å²) in [7, 11) is 0. The van der Waals surface area contributed by atoms with Crippen LogP contribution in [0, 0.1) is 18.3 Å². The molecule has 0 radical (unpaired) electrons. The van der Waals surface area contributed by atoms with E-state index in [4.69, 9.17) is 0 Å². The number of nitrogens with zero attached hydrogens (tertiary/aromatic N) is 1. The lowest BCUT2D eigenvalue weighted by molar-refractivity contribution is -0.148. The van der Waals surface area contributed by atoms with Crippen LogP contribution in [0.3, 0.4) is 0 Å². The fourth-order valence-electron chi connectivity index (χ4n) is 5.00. The van der Waals surface area contributed by atoms with Gasteiger partial charge in [-0.2, -0.15) is 0 Å². The fourth-order valence-corrected chi connectivity index (χ4v) is 5.00. The van der Waals surface area contributed by atoms with Crippen molar-refractivity contribution in [1.29, 1.82) is 0 Å². The summed E-state index contributed by atoms with van der Waals surface area (Å²) in [6.07, 6.45) is -0.00415. The predicted octanol–water partition coefficient (Wildman–Crippen LogP) is 2.80. The molecule has 210 valence electrons. The third kappa shape index (κ3) is 5.90. The number of aliphatic hydroxyl groups excluding tert-OH is 1. The minimum atomic E-state index is -3.39. The highest BCUT2D eigenvalue weighted by atomic mass is 19.3. The van der Waals surface area contributed by atoms with Crippen LogP contribution in [0.1, 0.15) is 48.2 Å². The van der Waals surface area contributed by atoms with Crippen LogP contribution >= 0.6 is 0 Å². The lowest BCUT2D eigenvalue weighted by Gasteiger charge is -2.34. The van der Waals surface area contributed by atoms with Crippen molar-refractivity contribution >= 4 is 17.7 Å². The Morgan fingerprint density at radius 1 is 1.08 bits per heavy atom. The molecular weight excluding hydrogens is 508 g/mol. The van der Waals surface area contributed by atoms with Crippen LogP contribution in [-0.4, -0.2) is 70.0 Å². The van der Waals surface area contributed by atoms with Crippen molar-refractivity contribution in [2.45, 2.75) is 64.1 Å². The molecule has 2 aromatic rings. The van der Waals surface area contributed by atoms with Crippen LogP contribution < -0.4 is 10.6 Å². The zero-order chi connectivity index (χ0) is 28.5. The normalized spacial score (nSPS) is 21.2. The zero-order valence-corrected chi connectivity index (χ0v) is 22.3. The van der Waals surface area contributed by atoms with Crippen molar-refractivity contribution in [3.05, 3.63) is 65.2 Å². The molecule has 4 N–H and O–H groups in total. The van der Waals surface area contributed by atoms with Gasteiger partial charge in [0.2, 0.25) is 5.91 Å². The summed E-state index contributed by atoms with van der Waals surface area (Å²) in [5, 5.41) is 26.6. The highest BCUT2D eigenvalue weighted by Gasteiger charge is 2.64. The van der Waals surface area contributed by atoms with E-state index in [9.17, 15) is 24.6 Å². The Morgan fingerprint density at radius 2 is 1.74 bits per heavy atom. The maximum atomic E-state index is 15.1. The summed E-state index contributed by atoms with van der Waals surface area (Å²) in [5.74, 6) is -5.59. The van der Waals surface area contributed by atoms with Gasteiger partial charge in [0.25, 0.3) is 17.7 Å². The van der Waals surface area contributed by atoms with Gasteiger partial charge in [0.05, 0.1) is 18.0 Å².